The van der Waals surface area contributed by atoms with Gasteiger partial charge in [0, 0.05) is 30.7 Å². The summed E-state index contributed by atoms with van der Waals surface area (Å²) in [5.41, 5.74) is 3.73. The number of piperidine rings is 1. The monoisotopic (exact) mass is 379 g/mol. The van der Waals surface area contributed by atoms with Crippen molar-refractivity contribution in [1.82, 2.24) is 10.2 Å². The van der Waals surface area contributed by atoms with E-state index in [0.29, 0.717) is 32.5 Å². The lowest BCUT2D eigenvalue weighted by Gasteiger charge is -2.38. The van der Waals surface area contributed by atoms with Crippen LogP contribution < -0.4 is 10.6 Å². The van der Waals surface area contributed by atoms with Gasteiger partial charge in [0.05, 0.1) is 0 Å². The van der Waals surface area contributed by atoms with Crippen LogP contribution in [0.2, 0.25) is 0 Å². The molecule has 0 atom stereocenters. The SMILES string of the molecule is Cc1cccc(NC(=O)N2CCC(C)(C(=O)NCc3ccccc3)CC2)c1C. The highest BCUT2D eigenvalue weighted by Crippen LogP contribution is 2.31. The van der Waals surface area contributed by atoms with Gasteiger partial charge in [0.2, 0.25) is 5.91 Å². The van der Waals surface area contributed by atoms with Gasteiger partial charge in [0.15, 0.2) is 0 Å². The first-order valence-electron chi connectivity index (χ1n) is 9.83. The predicted molar refractivity (Wildman–Crippen MR) is 112 cm³/mol. The molecule has 1 aliphatic heterocycles. The van der Waals surface area contributed by atoms with E-state index in [-0.39, 0.29) is 11.9 Å². The number of anilines is 1. The van der Waals surface area contributed by atoms with Crippen LogP contribution in [0.5, 0.6) is 0 Å². The first kappa shape index (κ1) is 19.9. The normalized spacial score (nSPS) is 15.8. The van der Waals surface area contributed by atoms with Crippen LogP contribution in [0.4, 0.5) is 10.5 Å². The highest BCUT2D eigenvalue weighted by atomic mass is 16.2. The molecule has 0 aromatic heterocycles. The Kier molecular flexibility index (Phi) is 6.02. The average molecular weight is 380 g/mol. The summed E-state index contributed by atoms with van der Waals surface area (Å²) in [6, 6.07) is 15.7. The largest absolute Gasteiger partial charge is 0.352 e. The highest BCUT2D eigenvalue weighted by molar-refractivity contribution is 5.90. The molecule has 3 rings (SSSR count). The van der Waals surface area contributed by atoms with E-state index in [1.807, 2.05) is 69.3 Å². The molecule has 1 heterocycles. The number of aryl methyl sites for hydroxylation is 1. The molecule has 1 saturated heterocycles. The quantitative estimate of drug-likeness (QED) is 0.834. The van der Waals surface area contributed by atoms with E-state index in [9.17, 15) is 9.59 Å². The van der Waals surface area contributed by atoms with Crippen molar-refractivity contribution in [3.05, 3.63) is 65.2 Å². The van der Waals surface area contributed by atoms with Gasteiger partial charge in [-0.2, -0.15) is 0 Å². The molecular formula is C23H29N3O2. The minimum absolute atomic E-state index is 0.0611. The fourth-order valence-electron chi connectivity index (χ4n) is 3.50. The number of urea groups is 1. The zero-order chi connectivity index (χ0) is 20.1. The Morgan fingerprint density at radius 3 is 2.36 bits per heavy atom. The van der Waals surface area contributed by atoms with Crippen LogP contribution in [0.15, 0.2) is 48.5 Å². The van der Waals surface area contributed by atoms with Crippen molar-refractivity contribution < 1.29 is 9.59 Å². The molecule has 5 heteroatoms. The lowest BCUT2D eigenvalue weighted by atomic mass is 9.79. The number of carbonyl (C=O) groups excluding carboxylic acids is 2. The van der Waals surface area contributed by atoms with Gasteiger partial charge >= 0.3 is 6.03 Å². The van der Waals surface area contributed by atoms with Gasteiger partial charge in [-0.25, -0.2) is 4.79 Å². The van der Waals surface area contributed by atoms with Crippen molar-refractivity contribution in [3.8, 4) is 0 Å². The maximum atomic E-state index is 12.7. The van der Waals surface area contributed by atoms with Gasteiger partial charge < -0.3 is 15.5 Å². The van der Waals surface area contributed by atoms with Crippen molar-refractivity contribution in [2.75, 3.05) is 18.4 Å². The Morgan fingerprint density at radius 1 is 1.00 bits per heavy atom. The second-order valence-corrected chi connectivity index (χ2v) is 7.89. The summed E-state index contributed by atoms with van der Waals surface area (Å²) in [5.74, 6) is 0.0611. The van der Waals surface area contributed by atoms with Crippen LogP contribution in [-0.2, 0) is 11.3 Å². The molecule has 2 aromatic rings. The number of amides is 3. The molecule has 0 bridgehead atoms. The average Bonchev–Trinajstić information content (AvgIpc) is 2.71. The Balaban J connectivity index is 1.53. The highest BCUT2D eigenvalue weighted by Gasteiger charge is 2.38. The van der Waals surface area contributed by atoms with E-state index in [2.05, 4.69) is 10.6 Å². The van der Waals surface area contributed by atoms with E-state index in [1.54, 1.807) is 4.90 Å². The summed E-state index contributed by atoms with van der Waals surface area (Å²) in [6.07, 6.45) is 1.32. The summed E-state index contributed by atoms with van der Waals surface area (Å²) in [6.45, 7) is 7.72. The minimum Gasteiger partial charge on any atom is -0.352 e. The molecule has 148 valence electrons. The minimum atomic E-state index is -0.440. The summed E-state index contributed by atoms with van der Waals surface area (Å²) < 4.78 is 0. The molecular weight excluding hydrogens is 350 g/mol. The Hall–Kier alpha value is -2.82. The first-order chi connectivity index (χ1) is 13.4. The van der Waals surface area contributed by atoms with Gasteiger partial charge in [-0.1, -0.05) is 49.4 Å². The second-order valence-electron chi connectivity index (χ2n) is 7.89. The van der Waals surface area contributed by atoms with Crippen molar-refractivity contribution in [3.63, 3.8) is 0 Å². The van der Waals surface area contributed by atoms with E-state index in [0.717, 1.165) is 22.4 Å². The Labute approximate surface area is 167 Å². The molecule has 0 spiro atoms. The molecule has 0 unspecified atom stereocenters. The van der Waals surface area contributed by atoms with Crippen LogP contribution >= 0.6 is 0 Å². The number of benzene rings is 2. The Bertz CT molecular complexity index is 840. The third-order valence-electron chi connectivity index (χ3n) is 5.84. The van der Waals surface area contributed by atoms with Crippen LogP contribution in [0, 0.1) is 19.3 Å². The molecule has 0 saturated carbocycles. The van der Waals surface area contributed by atoms with Gasteiger partial charge in [-0.05, 0) is 49.4 Å². The van der Waals surface area contributed by atoms with Crippen molar-refractivity contribution in [2.24, 2.45) is 5.41 Å². The predicted octanol–water partition coefficient (Wildman–Crippen LogP) is 4.25. The third-order valence-corrected chi connectivity index (χ3v) is 5.84. The standard InChI is InChI=1S/C23H29N3O2/c1-17-8-7-11-20(18(17)2)25-22(28)26-14-12-23(3,13-15-26)21(27)24-16-19-9-5-4-6-10-19/h4-11H,12-16H2,1-3H3,(H,24,27)(H,25,28). The van der Waals surface area contributed by atoms with Gasteiger partial charge in [-0.15, -0.1) is 0 Å². The summed E-state index contributed by atoms with van der Waals surface area (Å²) in [4.78, 5) is 27.1. The first-order valence-corrected chi connectivity index (χ1v) is 9.83. The van der Waals surface area contributed by atoms with Crippen LogP contribution in [0.25, 0.3) is 0 Å². The molecule has 2 aromatic carbocycles. The summed E-state index contributed by atoms with van der Waals surface area (Å²) >= 11 is 0. The molecule has 1 fully saturated rings. The Morgan fingerprint density at radius 2 is 1.68 bits per heavy atom. The zero-order valence-electron chi connectivity index (χ0n) is 16.9. The molecule has 0 radical (unpaired) electrons. The maximum absolute atomic E-state index is 12.7. The smallest absolute Gasteiger partial charge is 0.321 e. The lowest BCUT2D eigenvalue weighted by Crippen LogP contribution is -2.49. The third kappa shape index (κ3) is 4.53. The number of carbonyl (C=O) groups is 2. The van der Waals surface area contributed by atoms with Gasteiger partial charge in [0.25, 0.3) is 0 Å². The van der Waals surface area contributed by atoms with Gasteiger partial charge in [0.1, 0.15) is 0 Å². The number of nitrogens with zero attached hydrogens (tertiary/aromatic N) is 1. The topological polar surface area (TPSA) is 61.4 Å². The number of nitrogens with one attached hydrogen (secondary N) is 2. The summed E-state index contributed by atoms with van der Waals surface area (Å²) in [7, 11) is 0. The fourth-order valence-corrected chi connectivity index (χ4v) is 3.50. The van der Waals surface area contributed by atoms with Crippen LogP contribution in [-0.4, -0.2) is 29.9 Å². The maximum Gasteiger partial charge on any atom is 0.321 e. The number of hydrogen-bond acceptors (Lipinski definition) is 2. The van der Waals surface area contributed by atoms with E-state index in [1.165, 1.54) is 0 Å². The van der Waals surface area contributed by atoms with E-state index < -0.39 is 5.41 Å². The molecule has 5 nitrogen and oxygen atoms in total. The molecule has 2 N–H and O–H groups in total. The lowest BCUT2D eigenvalue weighted by molar-refractivity contribution is -0.132. The van der Waals surface area contributed by atoms with Crippen LogP contribution in [0.3, 0.4) is 0 Å². The fraction of sp³-hybridized carbons (Fsp3) is 0.391. The molecule has 0 aliphatic carbocycles. The molecule has 1 aliphatic rings. The number of rotatable bonds is 4. The van der Waals surface area contributed by atoms with Crippen LogP contribution in [0.1, 0.15) is 36.5 Å². The zero-order valence-corrected chi connectivity index (χ0v) is 16.9. The van der Waals surface area contributed by atoms with E-state index in [4.69, 9.17) is 0 Å². The molecule has 28 heavy (non-hydrogen) atoms. The van der Waals surface area contributed by atoms with Gasteiger partial charge in [-0.3, -0.25) is 4.79 Å². The van der Waals surface area contributed by atoms with Crippen molar-refractivity contribution in [1.29, 1.82) is 0 Å². The number of likely N-dealkylation sites (tertiary alicyclic amines) is 1. The summed E-state index contributed by atoms with van der Waals surface area (Å²) in [5, 5.41) is 6.06. The van der Waals surface area contributed by atoms with Crippen molar-refractivity contribution in [2.45, 2.75) is 40.2 Å². The second kappa shape index (κ2) is 8.46. The number of hydrogen-bond donors (Lipinski definition) is 2. The van der Waals surface area contributed by atoms with Crippen molar-refractivity contribution >= 4 is 17.6 Å². The van der Waals surface area contributed by atoms with E-state index >= 15 is 0 Å². The molecule has 3 amide bonds.